The van der Waals surface area contributed by atoms with E-state index in [0.717, 1.165) is 12.8 Å². The van der Waals surface area contributed by atoms with Crippen LogP contribution in [0.15, 0.2) is 48.5 Å². The number of carbonyl (C=O) groups is 2. The van der Waals surface area contributed by atoms with Gasteiger partial charge in [-0.2, -0.15) is 9.78 Å². The number of benzene rings is 2. The summed E-state index contributed by atoms with van der Waals surface area (Å²) in [4.78, 5) is 45.3. The Bertz CT molecular complexity index is 789. The molecule has 0 radical (unpaired) electrons. The van der Waals surface area contributed by atoms with Gasteiger partial charge < -0.3 is 9.47 Å². The molecule has 1 fully saturated rings. The summed E-state index contributed by atoms with van der Waals surface area (Å²) >= 11 is 0. The second-order valence-electron chi connectivity index (χ2n) is 7.21. The van der Waals surface area contributed by atoms with Gasteiger partial charge in [0, 0.05) is 0 Å². The molecule has 172 valence electrons. The first-order valence-electron chi connectivity index (χ1n) is 10.8. The second kappa shape index (κ2) is 12.1. The molecule has 2 atom stereocenters. The maximum absolute atomic E-state index is 12.3. The van der Waals surface area contributed by atoms with E-state index in [2.05, 4.69) is 0 Å². The zero-order chi connectivity index (χ0) is 22.8. The Balaban J connectivity index is 1.49. The predicted molar refractivity (Wildman–Crippen MR) is 114 cm³/mol. The molecule has 0 spiro atoms. The van der Waals surface area contributed by atoms with E-state index in [1.807, 2.05) is 13.8 Å². The van der Waals surface area contributed by atoms with E-state index in [4.69, 9.17) is 29.0 Å². The van der Waals surface area contributed by atoms with Gasteiger partial charge in [-0.25, -0.2) is 9.59 Å². The van der Waals surface area contributed by atoms with Gasteiger partial charge in [-0.05, 0) is 75.2 Å². The lowest BCUT2D eigenvalue weighted by Gasteiger charge is -2.28. The molecule has 0 amide bonds. The van der Waals surface area contributed by atoms with E-state index >= 15 is 0 Å². The van der Waals surface area contributed by atoms with Crippen LogP contribution in [0.3, 0.4) is 0 Å². The quantitative estimate of drug-likeness (QED) is 0.386. The Morgan fingerprint density at radius 1 is 0.688 bits per heavy atom. The Morgan fingerprint density at radius 3 is 1.41 bits per heavy atom. The average Bonchev–Trinajstić information content (AvgIpc) is 2.83. The normalized spacial score (nSPS) is 17.9. The highest BCUT2D eigenvalue weighted by Crippen LogP contribution is 2.25. The predicted octanol–water partition coefficient (Wildman–Crippen LogP) is 4.67. The molecule has 0 N–H and O–H groups in total. The van der Waals surface area contributed by atoms with Crippen LogP contribution in [-0.2, 0) is 19.6 Å². The number of carbonyl (C=O) groups excluding carboxylic acids is 2. The minimum absolute atomic E-state index is 0.337. The van der Waals surface area contributed by atoms with Crippen LogP contribution < -0.4 is 9.47 Å². The molecule has 1 saturated carbocycles. The van der Waals surface area contributed by atoms with E-state index in [0.29, 0.717) is 48.7 Å². The van der Waals surface area contributed by atoms with Crippen molar-refractivity contribution in [2.24, 2.45) is 0 Å². The third-order valence-electron chi connectivity index (χ3n) is 4.94. The highest BCUT2D eigenvalue weighted by molar-refractivity contribution is 5.89. The fourth-order valence-corrected chi connectivity index (χ4v) is 3.30. The first-order chi connectivity index (χ1) is 15.6. The molecule has 2 aromatic rings. The number of rotatable bonds is 10. The van der Waals surface area contributed by atoms with Crippen molar-refractivity contribution in [3.05, 3.63) is 59.7 Å². The Kier molecular flexibility index (Phi) is 8.89. The van der Waals surface area contributed by atoms with Gasteiger partial charge in [-0.1, -0.05) is 12.8 Å². The first-order valence-corrected chi connectivity index (χ1v) is 10.8. The van der Waals surface area contributed by atoms with Crippen LogP contribution in [-0.4, -0.2) is 37.4 Å². The molecule has 3 rings (SSSR count). The first kappa shape index (κ1) is 23.6. The Labute approximate surface area is 187 Å². The topological polar surface area (TPSA) is 89.5 Å². The van der Waals surface area contributed by atoms with Crippen LogP contribution in [0.4, 0.5) is 0 Å². The minimum Gasteiger partial charge on any atom is -0.494 e. The zero-order valence-corrected chi connectivity index (χ0v) is 18.3. The Hall–Kier alpha value is -3.10. The minimum atomic E-state index is -0.622. The van der Waals surface area contributed by atoms with Crippen LogP contribution >= 0.6 is 0 Å². The second-order valence-corrected chi connectivity index (χ2v) is 7.21. The van der Waals surface area contributed by atoms with Gasteiger partial charge in [0.15, 0.2) is 0 Å². The van der Waals surface area contributed by atoms with Gasteiger partial charge >= 0.3 is 11.9 Å². The molecule has 8 nitrogen and oxygen atoms in total. The lowest BCUT2D eigenvalue weighted by Crippen LogP contribution is -2.36. The van der Waals surface area contributed by atoms with Crippen molar-refractivity contribution in [1.29, 1.82) is 0 Å². The summed E-state index contributed by atoms with van der Waals surface area (Å²) in [7, 11) is 0. The maximum atomic E-state index is 12.3. The van der Waals surface area contributed by atoms with Gasteiger partial charge in [0.25, 0.3) is 0 Å². The molecule has 8 heteroatoms. The summed E-state index contributed by atoms with van der Waals surface area (Å²) in [6.45, 7) is 4.85. The number of hydrogen-bond acceptors (Lipinski definition) is 8. The summed E-state index contributed by atoms with van der Waals surface area (Å²) in [5, 5.41) is 0. The SMILES string of the molecule is CCOc1ccc(C(=O)OOC2CCCCC2OOC(=O)c2ccc(OCC)cc2)cc1. The van der Waals surface area contributed by atoms with Crippen molar-refractivity contribution >= 4 is 11.9 Å². The maximum Gasteiger partial charge on any atom is 0.373 e. The summed E-state index contributed by atoms with van der Waals surface area (Å²) in [6, 6.07) is 13.2. The van der Waals surface area contributed by atoms with Gasteiger partial charge in [-0.3, -0.25) is 9.78 Å². The fourth-order valence-electron chi connectivity index (χ4n) is 3.30. The van der Waals surface area contributed by atoms with E-state index in [1.165, 1.54) is 0 Å². The fraction of sp³-hybridized carbons (Fsp3) is 0.417. The van der Waals surface area contributed by atoms with Crippen LogP contribution in [0.5, 0.6) is 11.5 Å². The highest BCUT2D eigenvalue weighted by atomic mass is 17.2. The Morgan fingerprint density at radius 2 is 1.06 bits per heavy atom. The van der Waals surface area contributed by atoms with Crippen LogP contribution in [0.2, 0.25) is 0 Å². The molecule has 0 aromatic heterocycles. The van der Waals surface area contributed by atoms with Gasteiger partial charge in [0.05, 0.1) is 24.3 Å². The van der Waals surface area contributed by atoms with Crippen molar-refractivity contribution in [2.45, 2.75) is 51.7 Å². The molecule has 32 heavy (non-hydrogen) atoms. The average molecular weight is 444 g/mol. The van der Waals surface area contributed by atoms with Crippen molar-refractivity contribution in [3.63, 3.8) is 0 Å². The van der Waals surface area contributed by atoms with E-state index in [9.17, 15) is 9.59 Å². The lowest BCUT2D eigenvalue weighted by molar-refractivity contribution is -0.352. The standard InChI is InChI=1S/C24H28O8/c1-3-27-19-13-9-17(10-14-19)23(25)31-29-21-7-5-6-8-22(21)30-32-24(26)18-11-15-20(16-12-18)28-4-2/h9-16,21-22H,3-8H2,1-2H3. The van der Waals surface area contributed by atoms with E-state index < -0.39 is 24.1 Å². The third kappa shape index (κ3) is 6.70. The smallest absolute Gasteiger partial charge is 0.373 e. The largest absolute Gasteiger partial charge is 0.494 e. The molecule has 1 aliphatic rings. The number of hydrogen-bond donors (Lipinski definition) is 0. The molecule has 0 aliphatic heterocycles. The monoisotopic (exact) mass is 444 g/mol. The zero-order valence-electron chi connectivity index (χ0n) is 18.3. The summed E-state index contributed by atoms with van der Waals surface area (Å²) < 4.78 is 10.7. The molecule has 0 saturated heterocycles. The third-order valence-corrected chi connectivity index (χ3v) is 4.94. The van der Waals surface area contributed by atoms with Crippen LogP contribution in [0.1, 0.15) is 60.2 Å². The molecular formula is C24H28O8. The van der Waals surface area contributed by atoms with Crippen molar-refractivity contribution in [1.82, 2.24) is 0 Å². The van der Waals surface area contributed by atoms with Crippen molar-refractivity contribution in [3.8, 4) is 11.5 Å². The molecule has 2 unspecified atom stereocenters. The summed E-state index contributed by atoms with van der Waals surface area (Å²) in [5.41, 5.74) is 0.673. The molecule has 0 heterocycles. The molecular weight excluding hydrogens is 416 g/mol. The van der Waals surface area contributed by atoms with Crippen LogP contribution in [0.25, 0.3) is 0 Å². The van der Waals surface area contributed by atoms with Gasteiger partial charge in [0.1, 0.15) is 23.7 Å². The van der Waals surface area contributed by atoms with Crippen molar-refractivity contribution in [2.75, 3.05) is 13.2 Å². The molecule has 2 aromatic carbocycles. The summed E-state index contributed by atoms with van der Waals surface area (Å²) in [5.74, 6) is 0.0904. The molecule has 1 aliphatic carbocycles. The highest BCUT2D eigenvalue weighted by Gasteiger charge is 2.31. The van der Waals surface area contributed by atoms with Gasteiger partial charge in [-0.15, -0.1) is 0 Å². The molecule has 0 bridgehead atoms. The van der Waals surface area contributed by atoms with Gasteiger partial charge in [0.2, 0.25) is 0 Å². The van der Waals surface area contributed by atoms with Crippen LogP contribution in [0, 0.1) is 0 Å². The van der Waals surface area contributed by atoms with Crippen molar-refractivity contribution < 1.29 is 38.6 Å². The van der Waals surface area contributed by atoms with E-state index in [-0.39, 0.29) is 0 Å². The summed E-state index contributed by atoms with van der Waals surface area (Å²) in [6.07, 6.45) is 1.92. The number of ether oxygens (including phenoxy) is 2. The lowest BCUT2D eigenvalue weighted by atomic mass is 9.95. The van der Waals surface area contributed by atoms with E-state index in [1.54, 1.807) is 48.5 Å².